The first-order valence-electron chi connectivity index (χ1n) is 11.5. The van der Waals surface area contributed by atoms with Gasteiger partial charge in [0.2, 0.25) is 11.8 Å². The molecule has 3 aromatic rings. The summed E-state index contributed by atoms with van der Waals surface area (Å²) in [6, 6.07) is 7.88. The smallest absolute Gasteiger partial charge is 0.407 e. The van der Waals surface area contributed by atoms with Crippen LogP contribution in [0.5, 0.6) is 5.88 Å². The number of anilines is 2. The number of carbonyl (C=O) groups excluding carboxylic acids is 1. The molecule has 0 bridgehead atoms. The number of carboxylic acid groups (broad SMARTS) is 1. The number of hydrogen-bond donors (Lipinski definition) is 2. The summed E-state index contributed by atoms with van der Waals surface area (Å²) in [6.07, 6.45) is 5.43. The van der Waals surface area contributed by atoms with Crippen LogP contribution in [0.25, 0.3) is 22.0 Å². The molecule has 34 heavy (non-hydrogen) atoms. The minimum absolute atomic E-state index is 0.145. The predicted molar refractivity (Wildman–Crippen MR) is 127 cm³/mol. The monoisotopic (exact) mass is 459 g/mol. The maximum Gasteiger partial charge on any atom is 0.407 e. The van der Waals surface area contributed by atoms with Crippen LogP contribution in [0.3, 0.4) is 0 Å². The maximum atomic E-state index is 13.1. The Hall–Kier alpha value is -3.88. The van der Waals surface area contributed by atoms with Gasteiger partial charge in [-0.2, -0.15) is 0 Å². The third-order valence-corrected chi connectivity index (χ3v) is 7.50. The van der Waals surface area contributed by atoms with E-state index >= 15 is 0 Å². The molecule has 1 saturated carbocycles. The van der Waals surface area contributed by atoms with Crippen LogP contribution in [0.1, 0.15) is 24.8 Å². The van der Waals surface area contributed by atoms with Crippen LogP contribution < -0.4 is 15.4 Å². The molecular weight excluding hydrogens is 434 g/mol. The van der Waals surface area contributed by atoms with Gasteiger partial charge < -0.3 is 25.4 Å². The molecule has 1 saturated heterocycles. The van der Waals surface area contributed by atoms with Crippen molar-refractivity contribution in [3.05, 3.63) is 42.2 Å². The number of aromatic nitrogens is 2. The number of benzene rings is 1. The molecule has 4 heterocycles. The van der Waals surface area contributed by atoms with E-state index in [0.717, 1.165) is 52.5 Å². The highest BCUT2D eigenvalue weighted by Crippen LogP contribution is 2.55. The summed E-state index contributed by atoms with van der Waals surface area (Å²) >= 11 is 0. The van der Waals surface area contributed by atoms with Gasteiger partial charge in [0.05, 0.1) is 35.1 Å². The van der Waals surface area contributed by atoms with Crippen LogP contribution in [-0.4, -0.2) is 58.7 Å². The Morgan fingerprint density at radius 3 is 2.68 bits per heavy atom. The number of likely N-dealkylation sites (N-methyl/N-ethyl adjacent to an activating group) is 1. The molecule has 0 radical (unpaired) electrons. The van der Waals surface area contributed by atoms with E-state index in [2.05, 4.69) is 16.0 Å². The van der Waals surface area contributed by atoms with E-state index in [4.69, 9.17) is 15.6 Å². The Kier molecular flexibility index (Phi) is 4.45. The van der Waals surface area contributed by atoms with Crippen LogP contribution in [0, 0.1) is 5.92 Å². The van der Waals surface area contributed by atoms with Crippen LogP contribution in [-0.2, 0) is 10.2 Å². The van der Waals surface area contributed by atoms with Gasteiger partial charge >= 0.3 is 6.09 Å². The fourth-order valence-electron chi connectivity index (χ4n) is 5.43. The van der Waals surface area contributed by atoms with Crippen molar-refractivity contribution in [1.82, 2.24) is 14.9 Å². The maximum absolute atomic E-state index is 13.1. The molecule has 9 heteroatoms. The molecule has 1 aromatic carbocycles. The molecule has 2 aromatic heterocycles. The first kappa shape index (κ1) is 20.7. The molecular formula is C25H25N5O4. The van der Waals surface area contributed by atoms with E-state index in [0.29, 0.717) is 31.3 Å². The van der Waals surface area contributed by atoms with Crippen molar-refractivity contribution in [3.63, 3.8) is 0 Å². The largest absolute Gasteiger partial charge is 0.476 e. The molecule has 1 aliphatic carbocycles. The van der Waals surface area contributed by atoms with Gasteiger partial charge in [-0.15, -0.1) is 0 Å². The lowest BCUT2D eigenvalue weighted by Gasteiger charge is -2.37. The van der Waals surface area contributed by atoms with Gasteiger partial charge in [0.15, 0.2) is 0 Å². The molecule has 1 spiro atoms. The molecule has 0 atom stereocenters. The molecule has 2 fully saturated rings. The van der Waals surface area contributed by atoms with Gasteiger partial charge in [-0.3, -0.25) is 9.78 Å². The van der Waals surface area contributed by atoms with Crippen molar-refractivity contribution in [2.45, 2.75) is 24.7 Å². The average Bonchev–Trinajstić information content (AvgIpc) is 3.00. The van der Waals surface area contributed by atoms with E-state index in [1.165, 1.54) is 4.90 Å². The number of nitrogens with zero attached hydrogens (tertiary/aromatic N) is 4. The third kappa shape index (κ3) is 2.92. The minimum Gasteiger partial charge on any atom is -0.476 e. The quantitative estimate of drug-likeness (QED) is 0.614. The molecule has 0 unspecified atom stereocenters. The van der Waals surface area contributed by atoms with Gasteiger partial charge in [-0.25, -0.2) is 9.78 Å². The topological polar surface area (TPSA) is 122 Å². The SMILES string of the molecule is CN1C(=O)C2(CCC2)c2c1cnc1ccc(-c3cnc(OCC4CN(C(=O)O)C4)c(N)c3)cc21. The Morgan fingerprint density at radius 2 is 2.00 bits per heavy atom. The molecule has 9 nitrogen and oxygen atoms in total. The number of nitrogen functional groups attached to an aromatic ring is 1. The second kappa shape index (κ2) is 7.31. The number of hydrogen-bond acceptors (Lipinski definition) is 6. The predicted octanol–water partition coefficient (Wildman–Crippen LogP) is 3.27. The number of ether oxygens (including phenoxy) is 1. The fraction of sp³-hybridized carbons (Fsp3) is 0.360. The van der Waals surface area contributed by atoms with Crippen LogP contribution in [0.15, 0.2) is 36.7 Å². The zero-order valence-corrected chi connectivity index (χ0v) is 18.8. The van der Waals surface area contributed by atoms with E-state index in [-0.39, 0.29) is 11.8 Å². The summed E-state index contributed by atoms with van der Waals surface area (Å²) in [5, 5.41) is 9.94. The van der Waals surface area contributed by atoms with Gasteiger partial charge in [0.25, 0.3) is 0 Å². The molecule has 3 N–H and O–H groups in total. The Bertz CT molecular complexity index is 1350. The van der Waals surface area contributed by atoms with E-state index in [9.17, 15) is 9.59 Å². The molecule has 3 aliphatic rings. The first-order valence-corrected chi connectivity index (χ1v) is 11.5. The highest BCUT2D eigenvalue weighted by atomic mass is 16.5. The van der Waals surface area contributed by atoms with Gasteiger partial charge in [0, 0.05) is 48.8 Å². The van der Waals surface area contributed by atoms with Crippen molar-refractivity contribution >= 4 is 34.3 Å². The number of carbonyl (C=O) groups is 2. The molecule has 6 rings (SSSR count). The zero-order valence-electron chi connectivity index (χ0n) is 18.8. The second-order valence-electron chi connectivity index (χ2n) is 9.53. The number of nitrogens with two attached hydrogens (primary N) is 1. The lowest BCUT2D eigenvalue weighted by atomic mass is 9.64. The van der Waals surface area contributed by atoms with Gasteiger partial charge in [0.1, 0.15) is 0 Å². The van der Waals surface area contributed by atoms with Crippen LogP contribution in [0.4, 0.5) is 16.2 Å². The Morgan fingerprint density at radius 1 is 1.21 bits per heavy atom. The Balaban J connectivity index is 1.29. The van der Waals surface area contributed by atoms with Crippen molar-refractivity contribution in [2.24, 2.45) is 5.92 Å². The summed E-state index contributed by atoms with van der Waals surface area (Å²) in [6.45, 7) is 1.29. The summed E-state index contributed by atoms with van der Waals surface area (Å²) < 4.78 is 5.75. The van der Waals surface area contributed by atoms with Gasteiger partial charge in [-0.1, -0.05) is 12.5 Å². The standard InChI is InChI=1S/C25H25N5O4/c1-29-20-10-27-19-4-3-15(7-17(19)21(20)25(23(29)31)5-2-6-25)16-8-18(26)22(28-9-16)34-13-14-11-30(12-14)24(32)33/h3-4,7-10,14H,2,5-6,11-13,26H2,1H3,(H,32,33). The van der Waals surface area contributed by atoms with E-state index in [1.807, 2.05) is 31.4 Å². The van der Waals surface area contributed by atoms with Gasteiger partial charge in [-0.05, 0) is 36.6 Å². The number of fused-ring (bicyclic) bond motifs is 4. The summed E-state index contributed by atoms with van der Waals surface area (Å²) in [7, 11) is 1.83. The highest BCUT2D eigenvalue weighted by molar-refractivity contribution is 6.13. The van der Waals surface area contributed by atoms with E-state index < -0.39 is 11.5 Å². The summed E-state index contributed by atoms with van der Waals surface area (Å²) in [4.78, 5) is 36.1. The zero-order chi connectivity index (χ0) is 23.6. The lowest BCUT2D eigenvalue weighted by Crippen LogP contribution is -2.51. The number of amides is 2. The molecule has 174 valence electrons. The van der Waals surface area contributed by atoms with Crippen molar-refractivity contribution in [3.8, 4) is 17.0 Å². The second-order valence-corrected chi connectivity index (χ2v) is 9.53. The average molecular weight is 460 g/mol. The Labute approximate surface area is 196 Å². The normalized spacial score (nSPS) is 18.7. The van der Waals surface area contributed by atoms with Crippen molar-refractivity contribution < 1.29 is 19.4 Å². The number of pyridine rings is 2. The van der Waals surface area contributed by atoms with Crippen LogP contribution >= 0.6 is 0 Å². The summed E-state index contributed by atoms with van der Waals surface area (Å²) in [5.41, 5.74) is 10.9. The highest BCUT2D eigenvalue weighted by Gasteiger charge is 2.54. The number of rotatable bonds is 4. The fourth-order valence-corrected chi connectivity index (χ4v) is 5.43. The molecule has 2 aliphatic heterocycles. The van der Waals surface area contributed by atoms with Crippen LogP contribution in [0.2, 0.25) is 0 Å². The minimum atomic E-state index is -0.909. The molecule has 2 amide bonds. The van der Waals surface area contributed by atoms with Crippen molar-refractivity contribution in [2.75, 3.05) is 37.4 Å². The first-order chi connectivity index (χ1) is 16.4. The third-order valence-electron chi connectivity index (χ3n) is 7.50. The number of likely N-dealkylation sites (tertiary alicyclic amines) is 1. The van der Waals surface area contributed by atoms with Crippen molar-refractivity contribution in [1.29, 1.82) is 0 Å². The lowest BCUT2D eigenvalue weighted by molar-refractivity contribution is -0.125. The summed E-state index contributed by atoms with van der Waals surface area (Å²) in [5.74, 6) is 0.659. The van der Waals surface area contributed by atoms with E-state index in [1.54, 1.807) is 11.1 Å².